The fourth-order valence-corrected chi connectivity index (χ4v) is 4.17. The Morgan fingerprint density at radius 1 is 1.30 bits per heavy atom. The van der Waals surface area contributed by atoms with Crippen LogP contribution >= 0.6 is 0 Å². The molecule has 2 atom stereocenters. The number of amides is 1. The second kappa shape index (κ2) is 8.51. The lowest BCUT2D eigenvalue weighted by molar-refractivity contribution is -0.384. The number of hydrogen-bond acceptors (Lipinski definition) is 6. The second-order valence-electron chi connectivity index (χ2n) is 9.06. The first kappa shape index (κ1) is 21.9. The zero-order valence-electron chi connectivity index (χ0n) is 18.3. The molecule has 9 heteroatoms. The smallest absolute Gasteiger partial charge is 0.273 e. The summed E-state index contributed by atoms with van der Waals surface area (Å²) in [6.45, 7) is 13.1. The number of nitrogens with zero attached hydrogens (tertiary/aromatic N) is 5. The Bertz CT molecular complexity index is 929. The predicted octanol–water partition coefficient (Wildman–Crippen LogP) is 2.97. The zero-order chi connectivity index (χ0) is 22.1. The lowest BCUT2D eigenvalue weighted by atomic mass is 9.88. The third-order valence-electron chi connectivity index (χ3n) is 5.80. The van der Waals surface area contributed by atoms with Crippen molar-refractivity contribution in [3.05, 3.63) is 45.8 Å². The predicted molar refractivity (Wildman–Crippen MR) is 114 cm³/mol. The van der Waals surface area contributed by atoms with Gasteiger partial charge in [0.1, 0.15) is 0 Å². The lowest BCUT2D eigenvalue weighted by Crippen LogP contribution is -2.56. The highest BCUT2D eigenvalue weighted by atomic mass is 16.6. The molecule has 2 aromatic rings. The van der Waals surface area contributed by atoms with E-state index in [1.165, 1.54) is 23.2 Å². The molecule has 162 valence electrons. The van der Waals surface area contributed by atoms with Gasteiger partial charge in [0.05, 0.1) is 16.3 Å². The molecule has 3 rings (SSSR count). The van der Waals surface area contributed by atoms with Gasteiger partial charge >= 0.3 is 0 Å². The van der Waals surface area contributed by atoms with E-state index in [-0.39, 0.29) is 22.8 Å². The van der Waals surface area contributed by atoms with E-state index in [1.54, 1.807) is 19.1 Å². The van der Waals surface area contributed by atoms with Crippen molar-refractivity contribution in [3.63, 3.8) is 0 Å². The number of rotatable bonds is 6. The first-order chi connectivity index (χ1) is 14.1. The number of aromatic nitrogens is 3. The third kappa shape index (κ3) is 4.67. The molecular formula is C21H30N6O3. The van der Waals surface area contributed by atoms with Crippen molar-refractivity contribution in [3.8, 4) is 5.69 Å². The van der Waals surface area contributed by atoms with E-state index in [9.17, 15) is 14.9 Å². The van der Waals surface area contributed by atoms with Crippen molar-refractivity contribution in [2.24, 2.45) is 11.8 Å². The number of nitro benzene ring substituents is 1. The number of nitro groups is 1. The van der Waals surface area contributed by atoms with Crippen molar-refractivity contribution in [1.82, 2.24) is 25.2 Å². The van der Waals surface area contributed by atoms with Crippen molar-refractivity contribution in [1.29, 1.82) is 0 Å². The topological polar surface area (TPSA) is 106 Å². The lowest BCUT2D eigenvalue weighted by Gasteiger charge is -2.45. The van der Waals surface area contributed by atoms with Crippen molar-refractivity contribution < 1.29 is 9.72 Å². The van der Waals surface area contributed by atoms with Crippen LogP contribution in [-0.2, 0) is 0 Å². The standard InChI is InChI=1S/C21H30N6O3/c1-14-9-15(2)12-25(11-14)21(4,5)13-22-20(28)19-16(3)26(24-23-19)17-7-6-8-18(10-17)27(29)30/h6-8,10,14-15H,9,11-13H2,1-5H3,(H,22,28). The number of likely N-dealkylation sites (tertiary alicyclic amines) is 1. The SMILES string of the molecule is Cc1c(C(=O)NCC(C)(C)N2CC(C)CC(C)C2)nnn1-c1cccc([N+](=O)[O-])c1. The minimum atomic E-state index is -0.465. The first-order valence-electron chi connectivity index (χ1n) is 10.3. The fourth-order valence-electron chi connectivity index (χ4n) is 4.17. The van der Waals surface area contributed by atoms with Gasteiger partial charge in [0.25, 0.3) is 11.6 Å². The van der Waals surface area contributed by atoms with Crippen LogP contribution < -0.4 is 5.32 Å². The average molecular weight is 415 g/mol. The Kier molecular flexibility index (Phi) is 6.21. The molecule has 0 aliphatic carbocycles. The number of nitrogens with one attached hydrogen (secondary N) is 1. The quantitative estimate of drug-likeness (QED) is 0.575. The van der Waals surface area contributed by atoms with Crippen molar-refractivity contribution in [2.75, 3.05) is 19.6 Å². The van der Waals surface area contributed by atoms with Gasteiger partial charge < -0.3 is 5.32 Å². The summed E-state index contributed by atoms with van der Waals surface area (Å²) in [6.07, 6.45) is 1.24. The van der Waals surface area contributed by atoms with E-state index in [2.05, 4.69) is 48.2 Å². The molecule has 1 fully saturated rings. The number of piperidine rings is 1. The summed E-state index contributed by atoms with van der Waals surface area (Å²) < 4.78 is 1.45. The Labute approximate surface area is 176 Å². The molecular weight excluding hydrogens is 384 g/mol. The van der Waals surface area contributed by atoms with Crippen LogP contribution in [0.2, 0.25) is 0 Å². The molecule has 1 saturated heterocycles. The summed E-state index contributed by atoms with van der Waals surface area (Å²) in [5, 5.41) is 22.1. The molecule has 9 nitrogen and oxygen atoms in total. The van der Waals surface area contributed by atoms with Crippen LogP contribution in [0.1, 0.15) is 50.3 Å². The maximum atomic E-state index is 12.8. The van der Waals surface area contributed by atoms with Gasteiger partial charge in [0, 0.05) is 37.3 Å². The highest BCUT2D eigenvalue weighted by Crippen LogP contribution is 2.27. The molecule has 1 aliphatic heterocycles. The van der Waals surface area contributed by atoms with E-state index < -0.39 is 4.92 Å². The van der Waals surface area contributed by atoms with Crippen molar-refractivity contribution >= 4 is 11.6 Å². The molecule has 1 amide bonds. The van der Waals surface area contributed by atoms with Crippen LogP contribution in [-0.4, -0.2) is 55.9 Å². The molecule has 0 bridgehead atoms. The van der Waals surface area contributed by atoms with Crippen LogP contribution in [0.5, 0.6) is 0 Å². The normalized spacial score (nSPS) is 20.2. The third-order valence-corrected chi connectivity index (χ3v) is 5.80. The highest BCUT2D eigenvalue weighted by molar-refractivity contribution is 5.93. The van der Waals surface area contributed by atoms with Crippen LogP contribution in [0.25, 0.3) is 5.69 Å². The van der Waals surface area contributed by atoms with Gasteiger partial charge in [0.2, 0.25) is 0 Å². The molecule has 1 aromatic heterocycles. The second-order valence-corrected chi connectivity index (χ2v) is 9.06. The Hall–Kier alpha value is -2.81. The molecule has 1 aliphatic rings. The summed E-state index contributed by atoms with van der Waals surface area (Å²) in [6, 6.07) is 6.09. The number of benzene rings is 1. The summed E-state index contributed by atoms with van der Waals surface area (Å²) in [5.41, 5.74) is 1.02. The van der Waals surface area contributed by atoms with E-state index in [0.29, 0.717) is 29.8 Å². The van der Waals surface area contributed by atoms with Gasteiger partial charge in [-0.25, -0.2) is 4.68 Å². The molecule has 1 aromatic carbocycles. The first-order valence-corrected chi connectivity index (χ1v) is 10.3. The number of non-ortho nitro benzene ring substituents is 1. The fraction of sp³-hybridized carbons (Fsp3) is 0.571. The monoisotopic (exact) mass is 414 g/mol. The number of carbonyl (C=O) groups is 1. The molecule has 0 radical (unpaired) electrons. The number of hydrogen-bond donors (Lipinski definition) is 1. The summed E-state index contributed by atoms with van der Waals surface area (Å²) in [7, 11) is 0. The Morgan fingerprint density at radius 3 is 2.60 bits per heavy atom. The molecule has 30 heavy (non-hydrogen) atoms. The van der Waals surface area contributed by atoms with Crippen LogP contribution in [0.3, 0.4) is 0 Å². The zero-order valence-corrected chi connectivity index (χ0v) is 18.3. The summed E-state index contributed by atoms with van der Waals surface area (Å²) in [4.78, 5) is 25.8. The maximum absolute atomic E-state index is 12.8. The van der Waals surface area contributed by atoms with Crippen molar-refractivity contribution in [2.45, 2.75) is 46.6 Å². The van der Waals surface area contributed by atoms with Gasteiger partial charge in [-0.05, 0) is 45.1 Å². The van der Waals surface area contributed by atoms with E-state index in [0.717, 1.165) is 13.1 Å². The molecule has 2 heterocycles. The van der Waals surface area contributed by atoms with E-state index in [4.69, 9.17) is 0 Å². The van der Waals surface area contributed by atoms with Gasteiger partial charge in [-0.2, -0.15) is 0 Å². The van der Waals surface area contributed by atoms with Gasteiger partial charge in [-0.3, -0.25) is 19.8 Å². The average Bonchev–Trinajstić information content (AvgIpc) is 3.07. The van der Waals surface area contributed by atoms with Gasteiger partial charge in [-0.1, -0.05) is 25.1 Å². The number of carbonyl (C=O) groups excluding carboxylic acids is 1. The van der Waals surface area contributed by atoms with Crippen LogP contribution in [0.15, 0.2) is 24.3 Å². The molecule has 0 spiro atoms. The summed E-state index contributed by atoms with van der Waals surface area (Å²) >= 11 is 0. The van der Waals surface area contributed by atoms with Crippen LogP contribution in [0.4, 0.5) is 5.69 Å². The molecule has 0 saturated carbocycles. The minimum absolute atomic E-state index is 0.0415. The largest absolute Gasteiger partial charge is 0.349 e. The van der Waals surface area contributed by atoms with Gasteiger partial charge in [0.15, 0.2) is 5.69 Å². The molecule has 2 unspecified atom stereocenters. The highest BCUT2D eigenvalue weighted by Gasteiger charge is 2.33. The summed E-state index contributed by atoms with van der Waals surface area (Å²) in [5.74, 6) is 0.983. The Balaban J connectivity index is 1.71. The minimum Gasteiger partial charge on any atom is -0.349 e. The molecule has 1 N–H and O–H groups in total. The van der Waals surface area contributed by atoms with E-state index >= 15 is 0 Å². The maximum Gasteiger partial charge on any atom is 0.273 e. The van der Waals surface area contributed by atoms with E-state index in [1.807, 2.05) is 0 Å². The van der Waals surface area contributed by atoms with Gasteiger partial charge in [-0.15, -0.1) is 5.10 Å². The Morgan fingerprint density at radius 2 is 1.97 bits per heavy atom. The van der Waals surface area contributed by atoms with Crippen LogP contribution in [0, 0.1) is 28.9 Å².